The molecular weight excluding hydrogens is 266 g/mol. The van der Waals surface area contributed by atoms with Crippen LogP contribution in [-0.2, 0) is 5.54 Å². The maximum Gasteiger partial charge on any atom is 0.0539 e. The quantitative estimate of drug-likeness (QED) is 0.895. The lowest BCUT2D eigenvalue weighted by atomic mass is 9.83. The maximum atomic E-state index is 6.63. The van der Waals surface area contributed by atoms with Crippen molar-refractivity contribution in [3.63, 3.8) is 0 Å². The van der Waals surface area contributed by atoms with Gasteiger partial charge in [0.2, 0.25) is 0 Å². The van der Waals surface area contributed by atoms with E-state index in [0.29, 0.717) is 0 Å². The van der Waals surface area contributed by atoms with Crippen LogP contribution in [0.25, 0.3) is 4.91 Å². The van der Waals surface area contributed by atoms with Crippen molar-refractivity contribution in [2.45, 2.75) is 18.4 Å². The molecule has 1 saturated heterocycles. The molecule has 0 amide bonds. The zero-order valence-electron chi connectivity index (χ0n) is 12.0. The van der Waals surface area contributed by atoms with E-state index in [1.807, 2.05) is 5.41 Å². The zero-order valence-corrected chi connectivity index (χ0v) is 12.8. The second-order valence-electron chi connectivity index (χ2n) is 5.45. The van der Waals surface area contributed by atoms with Gasteiger partial charge in [-0.1, -0.05) is 36.5 Å². The summed E-state index contributed by atoms with van der Waals surface area (Å²) >= 11 is 1.53. The summed E-state index contributed by atoms with van der Waals surface area (Å²) < 4.78 is 0. The summed E-state index contributed by atoms with van der Waals surface area (Å²) in [5.41, 5.74) is 14.1. The number of rotatable bonds is 4. The molecule has 1 heterocycles. The molecule has 0 aliphatic carbocycles. The smallest absolute Gasteiger partial charge is 0.0539 e. The Bertz CT molecular complexity index is 512. The second-order valence-corrected chi connectivity index (χ2v) is 6.45. The summed E-state index contributed by atoms with van der Waals surface area (Å²) in [5.74, 6) is 0. The van der Waals surface area contributed by atoms with E-state index in [9.17, 15) is 0 Å². The fourth-order valence-electron chi connectivity index (χ4n) is 2.73. The van der Waals surface area contributed by atoms with Gasteiger partial charge in [-0.15, -0.1) is 0 Å². The van der Waals surface area contributed by atoms with Crippen molar-refractivity contribution in [1.29, 1.82) is 0 Å². The van der Waals surface area contributed by atoms with E-state index >= 15 is 0 Å². The number of thioether (sulfide) groups is 1. The van der Waals surface area contributed by atoms with Gasteiger partial charge in [0.15, 0.2) is 0 Å². The van der Waals surface area contributed by atoms with E-state index in [4.69, 9.17) is 11.5 Å². The average Bonchev–Trinajstić information content (AvgIpc) is 2.44. The van der Waals surface area contributed by atoms with Gasteiger partial charge in [-0.2, -0.15) is 0 Å². The molecule has 1 aliphatic rings. The number of hydrogen-bond donors (Lipinski definition) is 2. The first kappa shape index (κ1) is 15.2. The van der Waals surface area contributed by atoms with E-state index in [1.54, 1.807) is 0 Å². The lowest BCUT2D eigenvalue weighted by molar-refractivity contribution is 0.179. The van der Waals surface area contributed by atoms with Crippen molar-refractivity contribution in [2.75, 3.05) is 20.1 Å². The van der Waals surface area contributed by atoms with Crippen molar-refractivity contribution >= 4 is 16.7 Å². The van der Waals surface area contributed by atoms with E-state index < -0.39 is 0 Å². The summed E-state index contributed by atoms with van der Waals surface area (Å²) in [4.78, 5) is 3.29. The van der Waals surface area contributed by atoms with Crippen molar-refractivity contribution in [2.24, 2.45) is 11.5 Å². The van der Waals surface area contributed by atoms with E-state index in [2.05, 4.69) is 42.8 Å². The first-order chi connectivity index (χ1) is 9.55. The number of nitrogens with zero attached hydrogens (tertiary/aromatic N) is 1. The van der Waals surface area contributed by atoms with E-state index in [1.165, 1.54) is 23.5 Å². The molecule has 2 rings (SSSR count). The van der Waals surface area contributed by atoms with Crippen LogP contribution in [0, 0.1) is 0 Å². The van der Waals surface area contributed by atoms with Crippen molar-refractivity contribution in [1.82, 2.24) is 4.90 Å². The molecule has 4 heteroatoms. The van der Waals surface area contributed by atoms with Gasteiger partial charge in [-0.05, 0) is 49.0 Å². The highest BCUT2D eigenvalue weighted by Crippen LogP contribution is 2.32. The lowest BCUT2D eigenvalue weighted by Crippen LogP contribution is -2.50. The largest absolute Gasteiger partial charge is 0.404 e. The van der Waals surface area contributed by atoms with Crippen LogP contribution in [0.4, 0.5) is 0 Å². The Morgan fingerprint density at radius 1 is 1.50 bits per heavy atom. The highest BCUT2D eigenvalue weighted by Gasteiger charge is 2.31. The number of piperidine rings is 1. The Morgan fingerprint density at radius 2 is 2.30 bits per heavy atom. The van der Waals surface area contributed by atoms with Gasteiger partial charge < -0.3 is 16.4 Å². The molecule has 0 bridgehead atoms. The molecule has 1 atom stereocenters. The third-order valence-electron chi connectivity index (χ3n) is 3.76. The monoisotopic (exact) mass is 289 g/mol. The molecule has 4 N–H and O–H groups in total. The molecule has 1 aliphatic heterocycles. The first-order valence-electron chi connectivity index (χ1n) is 6.86. The van der Waals surface area contributed by atoms with Gasteiger partial charge in [0.25, 0.3) is 0 Å². The molecule has 0 spiro atoms. The van der Waals surface area contributed by atoms with Crippen LogP contribution in [-0.4, -0.2) is 25.0 Å². The molecule has 20 heavy (non-hydrogen) atoms. The number of benzene rings is 1. The summed E-state index contributed by atoms with van der Waals surface area (Å²) in [7, 11) is 2.13. The summed E-state index contributed by atoms with van der Waals surface area (Å²) in [6.07, 6.45) is 3.70. The van der Waals surface area contributed by atoms with Crippen LogP contribution in [0.5, 0.6) is 0 Å². The average molecular weight is 289 g/mol. The molecule has 3 nitrogen and oxygen atoms in total. The Morgan fingerprint density at radius 3 is 3.00 bits per heavy atom. The second kappa shape index (κ2) is 6.48. The van der Waals surface area contributed by atoms with E-state index in [0.717, 1.165) is 36.4 Å². The summed E-state index contributed by atoms with van der Waals surface area (Å²) in [6, 6.07) is 8.42. The summed E-state index contributed by atoms with van der Waals surface area (Å²) in [6.45, 7) is 6.12. The van der Waals surface area contributed by atoms with Gasteiger partial charge in [0.1, 0.15) is 0 Å². The molecule has 108 valence electrons. The van der Waals surface area contributed by atoms with Gasteiger partial charge in [0, 0.05) is 17.6 Å². The van der Waals surface area contributed by atoms with Crippen LogP contribution in [0.15, 0.2) is 42.5 Å². The zero-order chi connectivity index (χ0) is 14.6. The van der Waals surface area contributed by atoms with Gasteiger partial charge in [-0.3, -0.25) is 0 Å². The minimum Gasteiger partial charge on any atom is -0.404 e. The Balaban J connectivity index is 2.22. The third kappa shape index (κ3) is 3.45. The number of nitrogens with two attached hydrogens (primary N) is 2. The van der Waals surface area contributed by atoms with Crippen LogP contribution >= 0.6 is 11.8 Å². The van der Waals surface area contributed by atoms with Gasteiger partial charge >= 0.3 is 0 Å². The summed E-state index contributed by atoms with van der Waals surface area (Å²) in [5, 5.41) is 1.83. The van der Waals surface area contributed by atoms with Gasteiger partial charge in [0.05, 0.1) is 5.54 Å². The van der Waals surface area contributed by atoms with E-state index in [-0.39, 0.29) is 5.54 Å². The van der Waals surface area contributed by atoms with Crippen LogP contribution in [0.2, 0.25) is 0 Å². The third-order valence-corrected chi connectivity index (χ3v) is 4.58. The molecule has 1 aromatic rings. The van der Waals surface area contributed by atoms with Crippen LogP contribution in [0.1, 0.15) is 24.0 Å². The maximum absolute atomic E-state index is 6.63. The molecule has 1 aromatic carbocycles. The molecule has 0 radical (unpaired) electrons. The van der Waals surface area contributed by atoms with Crippen molar-refractivity contribution < 1.29 is 0 Å². The Kier molecular flexibility index (Phi) is 4.91. The first-order valence-corrected chi connectivity index (χ1v) is 7.74. The number of hydrogen-bond acceptors (Lipinski definition) is 4. The SMILES string of the molecule is C=C(S/C=C\N)c1cccc(C2(N)CCCN(C)C2)c1. The number of likely N-dealkylation sites (tertiary alicyclic amines) is 1. The highest BCUT2D eigenvalue weighted by molar-refractivity contribution is 8.10. The normalized spacial score (nSPS) is 24.1. The number of likely N-dealkylation sites (N-methyl/N-ethyl adjacent to an activating group) is 1. The van der Waals surface area contributed by atoms with Gasteiger partial charge in [-0.25, -0.2) is 0 Å². The standard InChI is InChI=1S/C16H23N3S/c1-13(20-10-8-17)14-5-3-6-15(11-14)16(18)7-4-9-19(2)12-16/h3,5-6,8,10-11H,1,4,7,9,12,17-18H2,2H3/b10-8-. The molecule has 0 aromatic heterocycles. The molecule has 1 unspecified atom stereocenters. The Labute approximate surface area is 125 Å². The predicted molar refractivity (Wildman–Crippen MR) is 89.0 cm³/mol. The molecular formula is C16H23N3S. The minimum absolute atomic E-state index is 0.252. The fourth-order valence-corrected chi connectivity index (χ4v) is 3.24. The fraction of sp³-hybridized carbons (Fsp3) is 0.375. The predicted octanol–water partition coefficient (Wildman–Crippen LogP) is 2.70. The topological polar surface area (TPSA) is 55.3 Å². The van der Waals surface area contributed by atoms with Crippen LogP contribution < -0.4 is 11.5 Å². The lowest BCUT2D eigenvalue weighted by Gasteiger charge is -2.39. The van der Waals surface area contributed by atoms with Crippen LogP contribution in [0.3, 0.4) is 0 Å². The minimum atomic E-state index is -0.252. The molecule has 0 saturated carbocycles. The molecule has 1 fully saturated rings. The van der Waals surface area contributed by atoms with Crippen molar-refractivity contribution in [3.05, 3.63) is 53.6 Å². The Hall–Kier alpha value is -1.23. The van der Waals surface area contributed by atoms with Crippen molar-refractivity contribution in [3.8, 4) is 0 Å². The highest BCUT2D eigenvalue weighted by atomic mass is 32.2.